The van der Waals surface area contributed by atoms with E-state index < -0.39 is 0 Å². The molecule has 5 aliphatic heterocycles. The van der Waals surface area contributed by atoms with Crippen molar-refractivity contribution in [3.8, 4) is 0 Å². The number of hydrogen-bond acceptors (Lipinski definition) is 6. The van der Waals surface area contributed by atoms with Crippen LogP contribution in [0.4, 0.5) is 33.2 Å². The molecule has 0 atom stereocenters. The number of fused-ring (bicyclic) bond motifs is 6. The van der Waals surface area contributed by atoms with Gasteiger partial charge in [-0.2, -0.15) is 0 Å². The monoisotopic (exact) mass is 1230 g/mol. The number of H-pyrrole nitrogens is 1. The molecule has 0 radical (unpaired) electrons. The second-order valence-electron chi connectivity index (χ2n) is 27.5. The average Bonchev–Trinajstić information content (AvgIpc) is 1.83. The zero-order valence-corrected chi connectivity index (χ0v) is 58.1. The number of amides is 6. The van der Waals surface area contributed by atoms with Crippen molar-refractivity contribution in [2.45, 2.75) is 218 Å². The summed E-state index contributed by atoms with van der Waals surface area (Å²) in [4.78, 5) is 72.7. The summed E-state index contributed by atoms with van der Waals surface area (Å²) in [6.07, 6.45) is 5.99. The Balaban J connectivity index is 0.000000155. The smallest absolute Gasteiger partial charge is 0.326 e. The first-order chi connectivity index (χ1) is 42.8. The Bertz CT molecular complexity index is 3610. The maximum atomic E-state index is 11.5. The molecule has 0 saturated carbocycles. The summed E-state index contributed by atoms with van der Waals surface area (Å²) in [5.41, 5.74) is 28.5. The maximum absolute atomic E-state index is 11.5. The van der Waals surface area contributed by atoms with Gasteiger partial charge in [-0.05, 0) is 203 Å². The minimum atomic E-state index is -0.0472. The molecule has 7 aromatic rings. The van der Waals surface area contributed by atoms with Gasteiger partial charge in [-0.1, -0.05) is 150 Å². The Hall–Kier alpha value is -8.26. The highest BCUT2D eigenvalue weighted by Crippen LogP contribution is 2.35. The van der Waals surface area contributed by atoms with Gasteiger partial charge in [-0.15, -0.1) is 0 Å². The van der Waals surface area contributed by atoms with Crippen molar-refractivity contribution in [1.29, 1.82) is 0 Å². The Morgan fingerprint density at radius 3 is 0.857 bits per heavy atom. The highest BCUT2D eigenvalue weighted by Gasteiger charge is 2.24. The zero-order valence-electron chi connectivity index (χ0n) is 58.1. The SMILES string of the molecule is Cc1cc(C(C)C)cc2c1NC(=O)CC2.Cc1cc(C(C)C)cc2c1NC(=O)CC2.Cc1cc(C(C)C)cc2c1NC(=O)CC2.Cc1cc(C(C)C)cc2c1NC(=O)CC2.Cc1cc(C(C)C)cc2c1NC(=O)N(C)C2.Cc1cc(C(C)C)cc2c1[nH]c(=O)n2C. The maximum Gasteiger partial charge on any atom is 0.326 e. The molecule has 0 bridgehead atoms. The molecular formula is C77H102N8O6. The van der Waals surface area contributed by atoms with Gasteiger partial charge in [0.15, 0.2) is 0 Å². The summed E-state index contributed by atoms with van der Waals surface area (Å²) < 4.78 is 1.66. The summed E-state index contributed by atoms with van der Waals surface area (Å²) in [6, 6.07) is 26.2. The Morgan fingerprint density at radius 2 is 0.571 bits per heavy atom. The third kappa shape index (κ3) is 17.6. The molecule has 91 heavy (non-hydrogen) atoms. The van der Waals surface area contributed by atoms with Gasteiger partial charge in [-0.3, -0.25) is 23.7 Å². The number of hydrogen-bond donors (Lipinski definition) is 6. The highest BCUT2D eigenvalue weighted by molar-refractivity contribution is 5.97. The van der Waals surface area contributed by atoms with Crippen LogP contribution in [-0.2, 0) is 58.5 Å². The molecule has 1 aromatic heterocycles. The highest BCUT2D eigenvalue weighted by atomic mass is 16.2. The number of carbonyl (C=O) groups excluding carboxylic acids is 5. The lowest BCUT2D eigenvalue weighted by Crippen LogP contribution is -2.35. The van der Waals surface area contributed by atoms with Crippen molar-refractivity contribution in [3.05, 3.63) is 178 Å². The van der Waals surface area contributed by atoms with Crippen LogP contribution in [0, 0.1) is 41.5 Å². The average molecular weight is 1240 g/mol. The van der Waals surface area contributed by atoms with Crippen molar-refractivity contribution in [3.63, 3.8) is 0 Å². The van der Waals surface area contributed by atoms with Crippen LogP contribution in [0.3, 0.4) is 0 Å². The Kier molecular flexibility index (Phi) is 23.3. The molecule has 6 aromatic carbocycles. The van der Waals surface area contributed by atoms with Crippen LogP contribution in [0.2, 0.25) is 0 Å². The fraction of sp³-hybridized carbons (Fsp3) is 0.455. The second kappa shape index (κ2) is 30.2. The third-order valence-electron chi connectivity index (χ3n) is 18.0. The van der Waals surface area contributed by atoms with E-state index in [1.54, 1.807) is 16.5 Å². The van der Waals surface area contributed by atoms with Crippen LogP contribution < -0.4 is 32.3 Å². The summed E-state index contributed by atoms with van der Waals surface area (Å²) in [5, 5.41) is 14.8. The van der Waals surface area contributed by atoms with Crippen molar-refractivity contribution in [1.82, 2.24) is 14.5 Å². The number of rotatable bonds is 6. The van der Waals surface area contributed by atoms with Gasteiger partial charge in [-0.25, -0.2) is 9.59 Å². The molecule has 0 fully saturated rings. The van der Waals surface area contributed by atoms with E-state index in [0.717, 1.165) is 76.3 Å². The van der Waals surface area contributed by atoms with Crippen molar-refractivity contribution in [2.75, 3.05) is 33.6 Å². The summed E-state index contributed by atoms with van der Waals surface area (Å²) in [7, 11) is 3.61. The lowest BCUT2D eigenvalue weighted by molar-refractivity contribution is -0.117. The van der Waals surface area contributed by atoms with E-state index in [0.29, 0.717) is 67.7 Å². The molecule has 14 nitrogen and oxygen atoms in total. The topological polar surface area (TPSA) is 187 Å². The number of aromatic amines is 1. The quantitative estimate of drug-likeness (QED) is 0.0962. The van der Waals surface area contributed by atoms with Gasteiger partial charge in [0.2, 0.25) is 23.6 Å². The van der Waals surface area contributed by atoms with E-state index in [1.165, 1.54) is 83.5 Å². The molecule has 0 aliphatic carbocycles. The second-order valence-corrected chi connectivity index (χ2v) is 27.5. The molecule has 486 valence electrons. The lowest BCUT2D eigenvalue weighted by atomic mass is 9.92. The number of aromatic nitrogens is 2. The first-order valence-corrected chi connectivity index (χ1v) is 32.9. The predicted molar refractivity (Wildman–Crippen MR) is 377 cm³/mol. The zero-order chi connectivity index (χ0) is 67.0. The number of aryl methyl sites for hydroxylation is 11. The standard InChI is InChI=1S/C13H18N2O.4C13H17NO.C12H16N2O/c1-8(2)10-5-9(3)12-11(6-10)7-15(4)13(16)14-12;4*1-8(2)11-6-9(3)13-10(7-11)4-5-12(15)14-13;1-7(2)9-5-8(3)11-10(6-9)14(4)12(15)13-11/h5-6,8H,7H2,1-4H3,(H,14,16);4*6-8H,4-5H2,1-3H3,(H,14,15);5-7H,1-4H3,(H,13,15). The molecule has 5 aliphatic rings. The van der Waals surface area contributed by atoms with Gasteiger partial charge < -0.3 is 36.5 Å². The number of benzene rings is 6. The van der Waals surface area contributed by atoms with Crippen LogP contribution in [-0.4, -0.2) is 51.2 Å². The van der Waals surface area contributed by atoms with Crippen molar-refractivity contribution in [2.24, 2.45) is 7.05 Å². The van der Waals surface area contributed by atoms with E-state index in [2.05, 4.69) is 222 Å². The molecule has 0 unspecified atom stereocenters. The number of anilines is 5. The number of nitrogens with one attached hydrogen (secondary N) is 6. The van der Waals surface area contributed by atoms with E-state index in [4.69, 9.17) is 0 Å². The first-order valence-electron chi connectivity index (χ1n) is 32.9. The third-order valence-corrected chi connectivity index (χ3v) is 18.0. The molecule has 14 heteroatoms. The lowest BCUT2D eigenvalue weighted by Gasteiger charge is -2.28. The largest absolute Gasteiger partial charge is 0.326 e. The molecule has 0 saturated heterocycles. The van der Waals surface area contributed by atoms with Gasteiger partial charge >= 0.3 is 11.7 Å². The van der Waals surface area contributed by atoms with E-state index in [-0.39, 0.29) is 35.3 Å². The molecule has 6 N–H and O–H groups in total. The normalized spacial score (nSPS) is 14.5. The van der Waals surface area contributed by atoms with Crippen LogP contribution >= 0.6 is 0 Å². The van der Waals surface area contributed by atoms with Crippen LogP contribution in [0.25, 0.3) is 11.0 Å². The van der Waals surface area contributed by atoms with Crippen molar-refractivity contribution >= 4 is 69.1 Å². The van der Waals surface area contributed by atoms with Crippen LogP contribution in [0.1, 0.15) is 239 Å². The Morgan fingerprint density at radius 1 is 0.319 bits per heavy atom. The van der Waals surface area contributed by atoms with Crippen molar-refractivity contribution < 1.29 is 24.0 Å². The van der Waals surface area contributed by atoms with Crippen LogP contribution in [0.5, 0.6) is 0 Å². The Labute approximate surface area is 541 Å². The predicted octanol–water partition coefficient (Wildman–Crippen LogP) is 17.4. The van der Waals surface area contributed by atoms with E-state index >= 15 is 0 Å². The summed E-state index contributed by atoms with van der Waals surface area (Å²) in [5.74, 6) is 3.76. The van der Waals surface area contributed by atoms with Gasteiger partial charge in [0.05, 0.1) is 16.7 Å². The minimum absolute atomic E-state index is 0.0205. The minimum Gasteiger partial charge on any atom is -0.326 e. The molecule has 12 rings (SSSR count). The fourth-order valence-electron chi connectivity index (χ4n) is 12.1. The van der Waals surface area contributed by atoms with Gasteiger partial charge in [0.25, 0.3) is 0 Å². The molecular weight excluding hydrogens is 1130 g/mol. The van der Waals surface area contributed by atoms with Crippen LogP contribution in [0.15, 0.2) is 77.6 Å². The first kappa shape index (κ1) is 70.2. The summed E-state index contributed by atoms with van der Waals surface area (Å²) in [6.45, 7) is 39.3. The number of nitrogens with zero attached hydrogens (tertiary/aromatic N) is 2. The van der Waals surface area contributed by atoms with Gasteiger partial charge in [0, 0.05) is 69.1 Å². The molecule has 6 amide bonds. The van der Waals surface area contributed by atoms with E-state index in [1.807, 2.05) is 14.0 Å². The fourth-order valence-corrected chi connectivity index (χ4v) is 12.1. The molecule has 0 spiro atoms. The number of carbonyl (C=O) groups is 5. The molecule has 6 heterocycles. The number of imidazole rings is 1. The summed E-state index contributed by atoms with van der Waals surface area (Å²) >= 11 is 0. The van der Waals surface area contributed by atoms with E-state index in [9.17, 15) is 28.8 Å². The number of urea groups is 1. The van der Waals surface area contributed by atoms with Gasteiger partial charge in [0.1, 0.15) is 0 Å².